The van der Waals surface area contributed by atoms with E-state index in [2.05, 4.69) is 50.3 Å². The molecule has 1 saturated heterocycles. The molecule has 2 aromatic heterocycles. The predicted octanol–water partition coefficient (Wildman–Crippen LogP) is 1.65. The molecule has 0 aliphatic carbocycles. The van der Waals surface area contributed by atoms with Crippen molar-refractivity contribution in [3.05, 3.63) is 42.0 Å². The largest absolute Gasteiger partial charge is 0.382 e. The zero-order chi connectivity index (χ0) is 20.9. The van der Waals surface area contributed by atoms with Crippen molar-refractivity contribution in [1.29, 1.82) is 0 Å². The average molecular weight is 409 g/mol. The summed E-state index contributed by atoms with van der Waals surface area (Å²) >= 11 is 0. The van der Waals surface area contributed by atoms with Crippen LogP contribution in [0.3, 0.4) is 0 Å². The van der Waals surface area contributed by atoms with E-state index >= 15 is 0 Å². The second kappa shape index (κ2) is 9.08. The third kappa shape index (κ3) is 4.51. The van der Waals surface area contributed by atoms with E-state index in [9.17, 15) is 4.79 Å². The number of benzene rings is 1. The molecule has 3 heterocycles. The number of nitrogens with one attached hydrogen (secondary N) is 1. The van der Waals surface area contributed by atoms with Gasteiger partial charge in [-0.25, -0.2) is 15.0 Å². The molecule has 9 heteroatoms. The first kappa shape index (κ1) is 20.1. The van der Waals surface area contributed by atoms with Crippen LogP contribution >= 0.6 is 0 Å². The molecule has 4 rings (SSSR count). The number of carbonyl (C=O) groups is 1. The van der Waals surface area contributed by atoms with Crippen LogP contribution in [0.1, 0.15) is 24.0 Å². The summed E-state index contributed by atoms with van der Waals surface area (Å²) in [7, 11) is 0. The number of nitrogen functional groups attached to an aromatic ring is 1. The number of anilines is 2. The summed E-state index contributed by atoms with van der Waals surface area (Å²) in [5, 5.41) is 3.06. The Labute approximate surface area is 175 Å². The Hall–Kier alpha value is -3.20. The molecule has 9 nitrogen and oxygen atoms in total. The van der Waals surface area contributed by atoms with E-state index in [1.165, 1.54) is 17.6 Å². The number of aromatic nitrogens is 4. The Morgan fingerprint density at radius 1 is 1.23 bits per heavy atom. The number of ether oxygens (including phenoxy) is 1. The lowest BCUT2D eigenvalue weighted by Crippen LogP contribution is -2.37. The number of imidazole rings is 1. The maximum absolute atomic E-state index is 12.4. The van der Waals surface area contributed by atoms with Crippen molar-refractivity contribution in [2.24, 2.45) is 0 Å². The van der Waals surface area contributed by atoms with Gasteiger partial charge in [0.1, 0.15) is 11.8 Å². The topological polar surface area (TPSA) is 111 Å². The summed E-state index contributed by atoms with van der Waals surface area (Å²) in [4.78, 5) is 27.2. The van der Waals surface area contributed by atoms with E-state index in [0.29, 0.717) is 42.9 Å². The Bertz CT molecular complexity index is 1030. The first-order valence-corrected chi connectivity index (χ1v) is 10.2. The number of rotatable bonds is 7. The highest BCUT2D eigenvalue weighted by atomic mass is 16.5. The zero-order valence-corrected chi connectivity index (χ0v) is 17.2. The van der Waals surface area contributed by atoms with Crippen molar-refractivity contribution >= 4 is 28.6 Å². The van der Waals surface area contributed by atoms with Crippen molar-refractivity contribution < 1.29 is 9.53 Å². The third-order valence-corrected chi connectivity index (χ3v) is 5.30. The van der Waals surface area contributed by atoms with Crippen molar-refractivity contribution in [3.63, 3.8) is 0 Å². The minimum atomic E-state index is 0.0297. The lowest BCUT2D eigenvalue weighted by Gasteiger charge is -2.31. The van der Waals surface area contributed by atoms with Gasteiger partial charge in [0.15, 0.2) is 11.5 Å². The van der Waals surface area contributed by atoms with Crippen LogP contribution in [-0.4, -0.2) is 51.7 Å². The van der Waals surface area contributed by atoms with Gasteiger partial charge in [-0.3, -0.25) is 4.79 Å². The first-order valence-electron chi connectivity index (χ1n) is 10.2. The van der Waals surface area contributed by atoms with E-state index in [1.807, 2.05) is 4.57 Å². The van der Waals surface area contributed by atoms with Crippen molar-refractivity contribution in [3.8, 4) is 0 Å². The van der Waals surface area contributed by atoms with Gasteiger partial charge >= 0.3 is 0 Å². The molecule has 1 aliphatic heterocycles. The molecule has 0 spiro atoms. The van der Waals surface area contributed by atoms with Crippen LogP contribution in [0.2, 0.25) is 0 Å². The minimum Gasteiger partial charge on any atom is -0.382 e. The van der Waals surface area contributed by atoms with Gasteiger partial charge in [0.05, 0.1) is 19.5 Å². The van der Waals surface area contributed by atoms with Crippen LogP contribution in [0, 0.1) is 6.92 Å². The predicted molar refractivity (Wildman–Crippen MR) is 115 cm³/mol. The van der Waals surface area contributed by atoms with E-state index in [1.54, 1.807) is 6.33 Å². The number of aryl methyl sites for hydroxylation is 2. The molecule has 0 atom stereocenters. The summed E-state index contributed by atoms with van der Waals surface area (Å²) in [5.41, 5.74) is 10.6. The zero-order valence-electron chi connectivity index (χ0n) is 17.2. The first-order chi connectivity index (χ1) is 14.6. The second-order valence-electron chi connectivity index (χ2n) is 7.48. The van der Waals surface area contributed by atoms with Crippen LogP contribution in [0.5, 0.6) is 0 Å². The average Bonchev–Trinajstić information content (AvgIpc) is 3.18. The van der Waals surface area contributed by atoms with Crippen LogP contribution < -0.4 is 16.0 Å². The van der Waals surface area contributed by atoms with E-state index in [4.69, 9.17) is 10.5 Å². The van der Waals surface area contributed by atoms with Crippen LogP contribution in [0.15, 0.2) is 30.9 Å². The number of nitrogens with zero attached hydrogens (tertiary/aromatic N) is 5. The molecule has 3 N–H and O–H groups in total. The van der Waals surface area contributed by atoms with Crippen molar-refractivity contribution in [2.75, 3.05) is 36.9 Å². The van der Waals surface area contributed by atoms with Gasteiger partial charge in [-0.15, -0.1) is 0 Å². The highest BCUT2D eigenvalue weighted by molar-refractivity contribution is 5.81. The smallest absolute Gasteiger partial charge is 0.220 e. The summed E-state index contributed by atoms with van der Waals surface area (Å²) in [6.07, 6.45) is 4.23. The molecule has 0 saturated carbocycles. The highest BCUT2D eigenvalue weighted by Gasteiger charge is 2.15. The minimum absolute atomic E-state index is 0.0297. The SMILES string of the molecule is Cc1ccc(CNC(=O)CCCn2cnc3c(N)ncnc32)c(N2CCOCC2)c1. The molecule has 1 fully saturated rings. The lowest BCUT2D eigenvalue weighted by molar-refractivity contribution is -0.121. The molecule has 1 aromatic carbocycles. The third-order valence-electron chi connectivity index (χ3n) is 5.30. The molecule has 158 valence electrons. The maximum atomic E-state index is 12.4. The maximum Gasteiger partial charge on any atom is 0.220 e. The normalized spacial score (nSPS) is 14.2. The molecule has 1 amide bonds. The van der Waals surface area contributed by atoms with Gasteiger partial charge in [-0.2, -0.15) is 0 Å². The molecule has 30 heavy (non-hydrogen) atoms. The summed E-state index contributed by atoms with van der Waals surface area (Å²) in [6.45, 7) is 6.46. The fourth-order valence-corrected chi connectivity index (χ4v) is 3.68. The highest BCUT2D eigenvalue weighted by Crippen LogP contribution is 2.23. The van der Waals surface area contributed by atoms with E-state index in [-0.39, 0.29) is 5.91 Å². The Kier molecular flexibility index (Phi) is 6.08. The molecule has 0 unspecified atom stereocenters. The molecule has 1 aliphatic rings. The van der Waals surface area contributed by atoms with Gasteiger partial charge in [-0.05, 0) is 30.5 Å². The number of fused-ring (bicyclic) bond motifs is 1. The van der Waals surface area contributed by atoms with Crippen LogP contribution in [0.4, 0.5) is 11.5 Å². The lowest BCUT2D eigenvalue weighted by atomic mass is 10.1. The van der Waals surface area contributed by atoms with Crippen molar-refractivity contribution in [2.45, 2.75) is 32.9 Å². The van der Waals surface area contributed by atoms with Gasteiger partial charge in [0.25, 0.3) is 0 Å². The summed E-state index contributed by atoms with van der Waals surface area (Å²) in [5.74, 6) is 0.396. The van der Waals surface area contributed by atoms with Crippen molar-refractivity contribution in [1.82, 2.24) is 24.8 Å². The fourth-order valence-electron chi connectivity index (χ4n) is 3.68. The fraction of sp³-hybridized carbons (Fsp3) is 0.429. The summed E-state index contributed by atoms with van der Waals surface area (Å²) < 4.78 is 7.36. The molecule has 0 bridgehead atoms. The number of amides is 1. The quantitative estimate of drug-likeness (QED) is 0.610. The van der Waals surface area contributed by atoms with E-state index in [0.717, 1.165) is 31.9 Å². The molecule has 0 radical (unpaired) electrons. The Morgan fingerprint density at radius 3 is 2.90 bits per heavy atom. The standard InChI is InChI=1S/C21H27N7O2/c1-15-4-5-16(17(11-15)27-7-9-30-10-8-27)12-23-18(29)3-2-6-28-14-26-19-20(22)24-13-25-21(19)28/h4-5,11,13-14H,2-3,6-10,12H2,1H3,(H,23,29)(H2,22,24,25). The molecular formula is C21H27N7O2. The Balaban J connectivity index is 1.31. The van der Waals surface area contributed by atoms with Gasteiger partial charge in [-0.1, -0.05) is 12.1 Å². The van der Waals surface area contributed by atoms with Gasteiger partial charge in [0.2, 0.25) is 5.91 Å². The number of hydrogen-bond donors (Lipinski definition) is 2. The monoisotopic (exact) mass is 409 g/mol. The number of hydrogen-bond acceptors (Lipinski definition) is 7. The molecular weight excluding hydrogens is 382 g/mol. The second-order valence-corrected chi connectivity index (χ2v) is 7.48. The van der Waals surface area contributed by atoms with Gasteiger partial charge in [0, 0.05) is 38.3 Å². The van der Waals surface area contributed by atoms with E-state index < -0.39 is 0 Å². The number of nitrogens with two attached hydrogens (primary N) is 1. The number of carbonyl (C=O) groups excluding carboxylic acids is 1. The van der Waals surface area contributed by atoms with Crippen LogP contribution in [0.25, 0.3) is 11.2 Å². The number of morpholine rings is 1. The van der Waals surface area contributed by atoms with Crippen LogP contribution in [-0.2, 0) is 22.6 Å². The van der Waals surface area contributed by atoms with Gasteiger partial charge < -0.3 is 25.3 Å². The Morgan fingerprint density at radius 2 is 2.07 bits per heavy atom. The molecule has 3 aromatic rings. The summed E-state index contributed by atoms with van der Waals surface area (Å²) in [6, 6.07) is 6.37.